The third-order valence-corrected chi connectivity index (χ3v) is 3.93. The van der Waals surface area contributed by atoms with Crippen molar-refractivity contribution in [2.75, 3.05) is 20.1 Å². The van der Waals surface area contributed by atoms with E-state index in [0.29, 0.717) is 6.04 Å². The number of hydrogen-bond donors (Lipinski definition) is 1. The SMILES string of the molecule is CN1CCCC1Cc1noc(C2CCCN2)n1. The standard InChI is InChI=1S/C12H20N4O/c1-16-7-3-4-9(16)8-11-14-12(17-15-11)10-5-2-6-13-10/h9-10,13H,2-8H2,1H3. The van der Waals surface area contributed by atoms with Crippen LogP contribution in [0.25, 0.3) is 0 Å². The molecule has 2 atom stereocenters. The molecule has 94 valence electrons. The predicted octanol–water partition coefficient (Wildman–Crippen LogP) is 1.13. The molecule has 17 heavy (non-hydrogen) atoms. The summed E-state index contributed by atoms with van der Waals surface area (Å²) in [5, 5.41) is 7.49. The summed E-state index contributed by atoms with van der Waals surface area (Å²) < 4.78 is 5.35. The van der Waals surface area contributed by atoms with E-state index in [1.54, 1.807) is 0 Å². The van der Waals surface area contributed by atoms with Crippen LogP contribution in [0.3, 0.4) is 0 Å². The number of hydrogen-bond acceptors (Lipinski definition) is 5. The monoisotopic (exact) mass is 236 g/mol. The van der Waals surface area contributed by atoms with Crippen LogP contribution in [0.2, 0.25) is 0 Å². The van der Waals surface area contributed by atoms with E-state index in [1.165, 1.54) is 25.8 Å². The normalized spacial score (nSPS) is 30.2. The van der Waals surface area contributed by atoms with E-state index >= 15 is 0 Å². The van der Waals surface area contributed by atoms with Gasteiger partial charge < -0.3 is 14.7 Å². The Balaban J connectivity index is 1.63. The molecule has 0 spiro atoms. The van der Waals surface area contributed by atoms with Crippen LogP contribution in [-0.4, -0.2) is 41.2 Å². The Kier molecular flexibility index (Phi) is 3.11. The summed E-state index contributed by atoms with van der Waals surface area (Å²) >= 11 is 0. The summed E-state index contributed by atoms with van der Waals surface area (Å²) in [6.45, 7) is 2.26. The van der Waals surface area contributed by atoms with Crippen molar-refractivity contribution < 1.29 is 4.52 Å². The molecule has 5 heteroatoms. The minimum Gasteiger partial charge on any atom is -0.338 e. The quantitative estimate of drug-likeness (QED) is 0.852. The number of likely N-dealkylation sites (N-methyl/N-ethyl adjacent to an activating group) is 1. The third-order valence-electron chi connectivity index (χ3n) is 3.93. The fraction of sp³-hybridized carbons (Fsp3) is 0.833. The van der Waals surface area contributed by atoms with Crippen molar-refractivity contribution in [3.63, 3.8) is 0 Å². The number of nitrogens with zero attached hydrogens (tertiary/aromatic N) is 3. The first-order valence-electron chi connectivity index (χ1n) is 6.59. The Morgan fingerprint density at radius 1 is 1.41 bits per heavy atom. The summed E-state index contributed by atoms with van der Waals surface area (Å²) in [4.78, 5) is 6.92. The molecule has 1 N–H and O–H groups in total. The van der Waals surface area contributed by atoms with Crippen LogP contribution in [0.5, 0.6) is 0 Å². The third kappa shape index (κ3) is 2.35. The summed E-state index contributed by atoms with van der Waals surface area (Å²) in [6.07, 6.45) is 5.78. The fourth-order valence-electron chi connectivity index (χ4n) is 2.84. The van der Waals surface area contributed by atoms with Gasteiger partial charge in [0.1, 0.15) is 0 Å². The predicted molar refractivity (Wildman–Crippen MR) is 63.6 cm³/mol. The van der Waals surface area contributed by atoms with Crippen LogP contribution < -0.4 is 5.32 Å². The van der Waals surface area contributed by atoms with Crippen molar-refractivity contribution in [3.05, 3.63) is 11.7 Å². The lowest BCUT2D eigenvalue weighted by Gasteiger charge is -2.16. The maximum atomic E-state index is 5.35. The van der Waals surface area contributed by atoms with Gasteiger partial charge in [0.05, 0.1) is 6.04 Å². The molecule has 0 radical (unpaired) electrons. The van der Waals surface area contributed by atoms with Crippen molar-refractivity contribution in [3.8, 4) is 0 Å². The van der Waals surface area contributed by atoms with Crippen LogP contribution in [0.1, 0.15) is 43.4 Å². The minimum absolute atomic E-state index is 0.289. The molecule has 0 saturated carbocycles. The lowest BCUT2D eigenvalue weighted by atomic mass is 10.1. The molecule has 2 aliphatic heterocycles. The van der Waals surface area contributed by atoms with Gasteiger partial charge in [0, 0.05) is 12.5 Å². The van der Waals surface area contributed by atoms with Gasteiger partial charge in [-0.1, -0.05) is 5.16 Å². The fourth-order valence-corrected chi connectivity index (χ4v) is 2.84. The largest absolute Gasteiger partial charge is 0.338 e. The zero-order valence-corrected chi connectivity index (χ0v) is 10.4. The topological polar surface area (TPSA) is 54.2 Å². The molecule has 0 aliphatic carbocycles. The highest BCUT2D eigenvalue weighted by atomic mass is 16.5. The Morgan fingerprint density at radius 2 is 2.35 bits per heavy atom. The van der Waals surface area contributed by atoms with Crippen LogP contribution in [0, 0.1) is 0 Å². The van der Waals surface area contributed by atoms with E-state index in [2.05, 4.69) is 27.4 Å². The second-order valence-corrected chi connectivity index (χ2v) is 5.18. The minimum atomic E-state index is 0.289. The van der Waals surface area contributed by atoms with Crippen molar-refractivity contribution in [1.29, 1.82) is 0 Å². The molecule has 0 bridgehead atoms. The number of nitrogens with one attached hydrogen (secondary N) is 1. The summed E-state index contributed by atoms with van der Waals surface area (Å²) in [7, 11) is 2.18. The van der Waals surface area contributed by atoms with Crippen molar-refractivity contribution in [1.82, 2.24) is 20.4 Å². The molecular formula is C12H20N4O. The highest BCUT2D eigenvalue weighted by Crippen LogP contribution is 2.23. The zero-order valence-electron chi connectivity index (χ0n) is 10.4. The van der Waals surface area contributed by atoms with Crippen LogP contribution in [0.15, 0.2) is 4.52 Å². The van der Waals surface area contributed by atoms with Crippen LogP contribution in [0.4, 0.5) is 0 Å². The van der Waals surface area contributed by atoms with Crippen molar-refractivity contribution in [2.24, 2.45) is 0 Å². The molecule has 0 aromatic carbocycles. The molecular weight excluding hydrogens is 216 g/mol. The van der Waals surface area contributed by atoms with Gasteiger partial charge in [-0.3, -0.25) is 0 Å². The molecule has 2 unspecified atom stereocenters. The van der Waals surface area contributed by atoms with Crippen molar-refractivity contribution in [2.45, 2.75) is 44.2 Å². The average Bonchev–Trinajstić information content (AvgIpc) is 3.02. The highest BCUT2D eigenvalue weighted by molar-refractivity contribution is 4.97. The van der Waals surface area contributed by atoms with Gasteiger partial charge in [-0.15, -0.1) is 0 Å². The molecule has 3 heterocycles. The Labute approximate surface area is 102 Å². The maximum absolute atomic E-state index is 5.35. The number of aromatic nitrogens is 2. The van der Waals surface area contributed by atoms with Crippen LogP contribution in [-0.2, 0) is 6.42 Å². The van der Waals surface area contributed by atoms with E-state index in [0.717, 1.165) is 31.1 Å². The first kappa shape index (κ1) is 11.2. The summed E-state index contributed by atoms with van der Waals surface area (Å²) in [5.41, 5.74) is 0. The molecule has 5 nitrogen and oxygen atoms in total. The average molecular weight is 236 g/mol. The van der Waals surface area contributed by atoms with E-state index < -0.39 is 0 Å². The van der Waals surface area contributed by atoms with Gasteiger partial charge in [-0.25, -0.2) is 0 Å². The maximum Gasteiger partial charge on any atom is 0.243 e. The smallest absolute Gasteiger partial charge is 0.243 e. The molecule has 2 saturated heterocycles. The van der Waals surface area contributed by atoms with Gasteiger partial charge in [-0.05, 0) is 45.8 Å². The first-order valence-corrected chi connectivity index (χ1v) is 6.59. The van der Waals surface area contributed by atoms with Crippen molar-refractivity contribution >= 4 is 0 Å². The zero-order chi connectivity index (χ0) is 11.7. The van der Waals surface area contributed by atoms with E-state index in [-0.39, 0.29) is 6.04 Å². The number of rotatable bonds is 3. The van der Waals surface area contributed by atoms with Gasteiger partial charge in [0.15, 0.2) is 5.82 Å². The first-order chi connectivity index (χ1) is 8.33. The second-order valence-electron chi connectivity index (χ2n) is 5.18. The Hall–Kier alpha value is -0.940. The Morgan fingerprint density at radius 3 is 3.06 bits per heavy atom. The molecule has 2 aliphatic rings. The molecule has 0 amide bonds. The van der Waals surface area contributed by atoms with Gasteiger partial charge in [0.2, 0.25) is 5.89 Å². The van der Waals surface area contributed by atoms with E-state index in [4.69, 9.17) is 4.52 Å². The van der Waals surface area contributed by atoms with Gasteiger partial charge in [-0.2, -0.15) is 4.98 Å². The number of likely N-dealkylation sites (tertiary alicyclic amines) is 1. The molecule has 1 aromatic heterocycles. The van der Waals surface area contributed by atoms with E-state index in [9.17, 15) is 0 Å². The summed E-state index contributed by atoms with van der Waals surface area (Å²) in [6, 6.07) is 0.884. The summed E-state index contributed by atoms with van der Waals surface area (Å²) in [5.74, 6) is 1.64. The van der Waals surface area contributed by atoms with E-state index in [1.807, 2.05) is 0 Å². The lowest BCUT2D eigenvalue weighted by Crippen LogP contribution is -2.27. The highest BCUT2D eigenvalue weighted by Gasteiger charge is 2.25. The second kappa shape index (κ2) is 4.74. The molecule has 1 aromatic rings. The van der Waals surface area contributed by atoms with Gasteiger partial charge >= 0.3 is 0 Å². The molecule has 3 rings (SSSR count). The molecule has 2 fully saturated rings. The lowest BCUT2D eigenvalue weighted by molar-refractivity contribution is 0.299. The Bertz CT molecular complexity index is 372. The van der Waals surface area contributed by atoms with Gasteiger partial charge in [0.25, 0.3) is 0 Å². The van der Waals surface area contributed by atoms with Crippen LogP contribution >= 0.6 is 0 Å².